The zero-order valence-electron chi connectivity index (χ0n) is 13.6. The number of hydrogen-bond acceptors (Lipinski definition) is 3. The van der Waals surface area contributed by atoms with Gasteiger partial charge in [0, 0.05) is 30.7 Å². The summed E-state index contributed by atoms with van der Waals surface area (Å²) in [6, 6.07) is 12.1. The van der Waals surface area contributed by atoms with Gasteiger partial charge in [-0.15, -0.1) is 0 Å². The zero-order valence-corrected chi connectivity index (χ0v) is 13.6. The minimum absolute atomic E-state index is 0.0367. The Kier molecular flexibility index (Phi) is 4.91. The maximum Gasteiger partial charge on any atom is 0.272 e. The van der Waals surface area contributed by atoms with Crippen LogP contribution in [0.1, 0.15) is 42.2 Å². The van der Waals surface area contributed by atoms with E-state index in [2.05, 4.69) is 41.5 Å². The summed E-state index contributed by atoms with van der Waals surface area (Å²) in [5.41, 5.74) is 3.74. The first kappa shape index (κ1) is 15.5. The molecule has 1 aromatic carbocycles. The predicted molar refractivity (Wildman–Crippen MR) is 93.1 cm³/mol. The van der Waals surface area contributed by atoms with E-state index in [0.29, 0.717) is 5.69 Å². The number of pyridine rings is 1. The molecular formula is C19H23N3O. The predicted octanol–water partition coefficient (Wildman–Crippen LogP) is 4.01. The summed E-state index contributed by atoms with van der Waals surface area (Å²) < 4.78 is 0. The minimum atomic E-state index is 0.0367. The molecule has 120 valence electrons. The largest absolute Gasteiger partial charge is 0.355 e. The molecule has 0 bridgehead atoms. The van der Waals surface area contributed by atoms with Gasteiger partial charge in [-0.2, -0.15) is 0 Å². The molecule has 2 heterocycles. The highest BCUT2D eigenvalue weighted by molar-refractivity contribution is 5.93. The lowest BCUT2D eigenvalue weighted by atomic mass is 10.1. The first-order chi connectivity index (χ1) is 11.3. The van der Waals surface area contributed by atoms with E-state index in [1.807, 2.05) is 17.0 Å². The minimum Gasteiger partial charge on any atom is -0.355 e. The van der Waals surface area contributed by atoms with Gasteiger partial charge >= 0.3 is 0 Å². The van der Waals surface area contributed by atoms with E-state index in [1.54, 1.807) is 6.20 Å². The fraction of sp³-hybridized carbons (Fsp3) is 0.368. The van der Waals surface area contributed by atoms with Gasteiger partial charge < -0.3 is 10.2 Å². The number of likely N-dealkylation sites (tertiary alicyclic amines) is 1. The van der Waals surface area contributed by atoms with E-state index in [0.717, 1.165) is 43.7 Å². The van der Waals surface area contributed by atoms with Crippen LogP contribution in [0.3, 0.4) is 0 Å². The monoisotopic (exact) mass is 309 g/mol. The van der Waals surface area contributed by atoms with Gasteiger partial charge in [-0.3, -0.25) is 9.78 Å². The molecule has 1 fully saturated rings. The van der Waals surface area contributed by atoms with Crippen molar-refractivity contribution in [1.29, 1.82) is 0 Å². The topological polar surface area (TPSA) is 45.2 Å². The maximum atomic E-state index is 12.5. The first-order valence-corrected chi connectivity index (χ1v) is 8.37. The second-order valence-corrected chi connectivity index (χ2v) is 5.96. The molecule has 1 saturated heterocycles. The standard InChI is InChI=1S/C19H23N3O/c1-2-15-6-8-16(9-7-15)21-17-10-11-20-18(14-17)19(23)22-12-4-3-5-13-22/h6-11,14H,2-5,12-13H2,1H3,(H,20,21). The molecule has 23 heavy (non-hydrogen) atoms. The number of carbonyl (C=O) groups excluding carboxylic acids is 1. The van der Waals surface area contributed by atoms with Crippen molar-refractivity contribution >= 4 is 17.3 Å². The van der Waals surface area contributed by atoms with Crippen LogP contribution in [0.5, 0.6) is 0 Å². The van der Waals surface area contributed by atoms with Gasteiger partial charge in [0.15, 0.2) is 0 Å². The van der Waals surface area contributed by atoms with Gasteiger partial charge in [-0.25, -0.2) is 0 Å². The number of anilines is 2. The lowest BCUT2D eigenvalue weighted by Gasteiger charge is -2.26. The summed E-state index contributed by atoms with van der Waals surface area (Å²) >= 11 is 0. The van der Waals surface area contributed by atoms with E-state index < -0.39 is 0 Å². The third kappa shape index (κ3) is 3.89. The first-order valence-electron chi connectivity index (χ1n) is 8.37. The van der Waals surface area contributed by atoms with Gasteiger partial charge in [-0.05, 0) is 55.5 Å². The van der Waals surface area contributed by atoms with Crippen molar-refractivity contribution in [2.45, 2.75) is 32.6 Å². The maximum absolute atomic E-state index is 12.5. The molecule has 1 N–H and O–H groups in total. The Hall–Kier alpha value is -2.36. The van der Waals surface area contributed by atoms with Crippen LogP contribution in [0.2, 0.25) is 0 Å². The van der Waals surface area contributed by atoms with Crippen LogP contribution in [0, 0.1) is 0 Å². The Morgan fingerprint density at radius 3 is 2.52 bits per heavy atom. The van der Waals surface area contributed by atoms with Gasteiger partial charge in [-0.1, -0.05) is 19.1 Å². The van der Waals surface area contributed by atoms with Crippen LogP contribution < -0.4 is 5.32 Å². The number of rotatable bonds is 4. The Morgan fingerprint density at radius 2 is 1.83 bits per heavy atom. The van der Waals surface area contributed by atoms with Crippen molar-refractivity contribution in [3.8, 4) is 0 Å². The van der Waals surface area contributed by atoms with Crippen molar-refractivity contribution in [3.63, 3.8) is 0 Å². The third-order valence-electron chi connectivity index (χ3n) is 4.27. The molecule has 3 rings (SSSR count). The third-order valence-corrected chi connectivity index (χ3v) is 4.27. The van der Waals surface area contributed by atoms with Crippen LogP contribution >= 0.6 is 0 Å². The molecular weight excluding hydrogens is 286 g/mol. The summed E-state index contributed by atoms with van der Waals surface area (Å²) in [6.45, 7) is 3.83. The number of carbonyl (C=O) groups is 1. The van der Waals surface area contributed by atoms with Crippen molar-refractivity contribution < 1.29 is 4.79 Å². The molecule has 1 aromatic heterocycles. The average Bonchev–Trinajstić information content (AvgIpc) is 2.63. The molecule has 1 aliphatic heterocycles. The molecule has 4 nitrogen and oxygen atoms in total. The molecule has 2 aromatic rings. The van der Waals surface area contributed by atoms with E-state index in [1.165, 1.54) is 12.0 Å². The summed E-state index contributed by atoms with van der Waals surface area (Å²) in [6.07, 6.45) is 6.12. The summed E-state index contributed by atoms with van der Waals surface area (Å²) in [5, 5.41) is 3.34. The number of benzene rings is 1. The Morgan fingerprint density at radius 1 is 1.09 bits per heavy atom. The molecule has 1 aliphatic rings. The number of hydrogen-bond donors (Lipinski definition) is 1. The van der Waals surface area contributed by atoms with Gasteiger partial charge in [0.1, 0.15) is 5.69 Å². The van der Waals surface area contributed by atoms with E-state index >= 15 is 0 Å². The van der Waals surface area contributed by atoms with Crippen LogP contribution in [0.25, 0.3) is 0 Å². The SMILES string of the molecule is CCc1ccc(Nc2ccnc(C(=O)N3CCCCC3)c2)cc1. The highest BCUT2D eigenvalue weighted by Gasteiger charge is 2.19. The Balaban J connectivity index is 1.72. The van der Waals surface area contributed by atoms with Crippen molar-refractivity contribution in [3.05, 3.63) is 53.9 Å². The quantitative estimate of drug-likeness (QED) is 0.928. The molecule has 0 saturated carbocycles. The molecule has 0 radical (unpaired) electrons. The van der Waals surface area contributed by atoms with E-state index in [-0.39, 0.29) is 5.91 Å². The van der Waals surface area contributed by atoms with Crippen molar-refractivity contribution in [2.75, 3.05) is 18.4 Å². The highest BCUT2D eigenvalue weighted by atomic mass is 16.2. The fourth-order valence-electron chi connectivity index (χ4n) is 2.87. The zero-order chi connectivity index (χ0) is 16.1. The molecule has 0 aliphatic carbocycles. The van der Waals surface area contributed by atoms with Gasteiger partial charge in [0.05, 0.1) is 0 Å². The second kappa shape index (κ2) is 7.27. The molecule has 0 unspecified atom stereocenters. The van der Waals surface area contributed by atoms with Gasteiger partial charge in [0.2, 0.25) is 0 Å². The van der Waals surface area contributed by atoms with Crippen LogP contribution in [-0.4, -0.2) is 28.9 Å². The number of amides is 1. The lowest BCUT2D eigenvalue weighted by Crippen LogP contribution is -2.36. The normalized spacial score (nSPS) is 14.6. The molecule has 1 amide bonds. The van der Waals surface area contributed by atoms with Crippen LogP contribution in [-0.2, 0) is 6.42 Å². The highest BCUT2D eigenvalue weighted by Crippen LogP contribution is 2.19. The van der Waals surface area contributed by atoms with E-state index in [4.69, 9.17) is 0 Å². The van der Waals surface area contributed by atoms with Crippen LogP contribution in [0.4, 0.5) is 11.4 Å². The number of piperidine rings is 1. The molecule has 0 atom stereocenters. The van der Waals surface area contributed by atoms with Crippen molar-refractivity contribution in [2.24, 2.45) is 0 Å². The average molecular weight is 309 g/mol. The Bertz CT molecular complexity index is 661. The summed E-state index contributed by atoms with van der Waals surface area (Å²) in [7, 11) is 0. The fourth-order valence-corrected chi connectivity index (χ4v) is 2.87. The second-order valence-electron chi connectivity index (χ2n) is 5.96. The molecule has 4 heteroatoms. The van der Waals surface area contributed by atoms with E-state index in [9.17, 15) is 4.79 Å². The Labute approximate surface area is 137 Å². The van der Waals surface area contributed by atoms with Crippen molar-refractivity contribution in [1.82, 2.24) is 9.88 Å². The van der Waals surface area contributed by atoms with Crippen LogP contribution in [0.15, 0.2) is 42.6 Å². The summed E-state index contributed by atoms with van der Waals surface area (Å²) in [4.78, 5) is 18.7. The van der Waals surface area contributed by atoms with Gasteiger partial charge in [0.25, 0.3) is 5.91 Å². The molecule has 0 spiro atoms. The lowest BCUT2D eigenvalue weighted by molar-refractivity contribution is 0.0718. The number of aromatic nitrogens is 1. The summed E-state index contributed by atoms with van der Waals surface area (Å²) in [5.74, 6) is 0.0367. The number of nitrogens with one attached hydrogen (secondary N) is 1. The number of aryl methyl sites for hydroxylation is 1. The number of nitrogens with zero attached hydrogens (tertiary/aromatic N) is 2. The smallest absolute Gasteiger partial charge is 0.272 e.